The van der Waals surface area contributed by atoms with E-state index < -0.39 is 0 Å². The quantitative estimate of drug-likeness (QED) is 0.553. The van der Waals surface area contributed by atoms with Gasteiger partial charge in [0.25, 0.3) is 5.56 Å². The fourth-order valence-corrected chi connectivity index (χ4v) is 4.72. The monoisotopic (exact) mass is 416 g/mol. The summed E-state index contributed by atoms with van der Waals surface area (Å²) in [4.78, 5) is 25.3. The average molecular weight is 417 g/mol. The lowest BCUT2D eigenvalue weighted by Gasteiger charge is -2.31. The molecule has 31 heavy (non-hydrogen) atoms. The van der Waals surface area contributed by atoms with Gasteiger partial charge in [0.15, 0.2) is 0 Å². The average Bonchev–Trinajstić information content (AvgIpc) is 3.15. The fraction of sp³-hybridized carbons (Fsp3) is 0.375. The summed E-state index contributed by atoms with van der Waals surface area (Å²) in [5.41, 5.74) is 9.40. The number of imidazole rings is 1. The van der Waals surface area contributed by atoms with Gasteiger partial charge in [0.2, 0.25) is 5.95 Å². The summed E-state index contributed by atoms with van der Waals surface area (Å²) in [6, 6.07) is 12.3. The molecule has 4 heterocycles. The van der Waals surface area contributed by atoms with Crippen molar-refractivity contribution in [1.82, 2.24) is 19.1 Å². The van der Waals surface area contributed by atoms with E-state index in [0.717, 1.165) is 59.6 Å². The molecule has 0 amide bonds. The zero-order chi connectivity index (χ0) is 21.5. The van der Waals surface area contributed by atoms with Crippen molar-refractivity contribution in [2.45, 2.75) is 45.8 Å². The van der Waals surface area contributed by atoms with Crippen LogP contribution in [0.4, 0.5) is 5.95 Å². The van der Waals surface area contributed by atoms with Gasteiger partial charge in [-0.1, -0.05) is 24.3 Å². The third kappa shape index (κ3) is 3.49. The maximum Gasteiger partial charge on any atom is 0.277 e. The van der Waals surface area contributed by atoms with Crippen LogP contribution in [0.5, 0.6) is 0 Å². The molecule has 1 aliphatic heterocycles. The zero-order valence-corrected chi connectivity index (χ0v) is 18.1. The third-order valence-electron chi connectivity index (χ3n) is 6.17. The summed E-state index contributed by atoms with van der Waals surface area (Å²) in [6.07, 6.45) is 3.92. The Hall–Kier alpha value is -3.19. The minimum absolute atomic E-state index is 0.0354. The molecule has 3 aromatic heterocycles. The van der Waals surface area contributed by atoms with Crippen LogP contribution in [0.25, 0.3) is 21.8 Å². The summed E-state index contributed by atoms with van der Waals surface area (Å²) < 4.78 is 3.78. The summed E-state index contributed by atoms with van der Waals surface area (Å²) in [5, 5.41) is 2.22. The van der Waals surface area contributed by atoms with Crippen molar-refractivity contribution in [2.24, 2.45) is 5.73 Å². The maximum absolute atomic E-state index is 13.5. The molecule has 1 fully saturated rings. The number of aromatic nitrogens is 4. The Kier molecular flexibility index (Phi) is 4.98. The van der Waals surface area contributed by atoms with Crippen LogP contribution in [0.2, 0.25) is 0 Å². The van der Waals surface area contributed by atoms with Gasteiger partial charge in [-0.05, 0) is 44.2 Å². The Morgan fingerprint density at radius 1 is 1.19 bits per heavy atom. The molecule has 1 atom stereocenters. The summed E-state index contributed by atoms with van der Waals surface area (Å²) >= 11 is 0. The lowest BCUT2D eigenvalue weighted by molar-refractivity contribution is 0.494. The van der Waals surface area contributed by atoms with E-state index in [1.165, 1.54) is 0 Å². The first-order chi connectivity index (χ1) is 15.0. The van der Waals surface area contributed by atoms with Crippen molar-refractivity contribution in [3.8, 4) is 0 Å². The van der Waals surface area contributed by atoms with Gasteiger partial charge in [-0.3, -0.25) is 9.78 Å². The second kappa shape index (κ2) is 7.81. The highest BCUT2D eigenvalue weighted by Gasteiger charge is 2.23. The number of aryl methyl sites for hydroxylation is 2. The van der Waals surface area contributed by atoms with E-state index in [9.17, 15) is 4.79 Å². The fourth-order valence-electron chi connectivity index (χ4n) is 4.72. The van der Waals surface area contributed by atoms with Crippen LogP contribution >= 0.6 is 0 Å². The van der Waals surface area contributed by atoms with Gasteiger partial charge in [0, 0.05) is 43.0 Å². The van der Waals surface area contributed by atoms with Crippen molar-refractivity contribution < 1.29 is 0 Å². The van der Waals surface area contributed by atoms with Gasteiger partial charge < -0.3 is 19.8 Å². The van der Waals surface area contributed by atoms with E-state index >= 15 is 0 Å². The third-order valence-corrected chi connectivity index (χ3v) is 6.17. The van der Waals surface area contributed by atoms with Crippen molar-refractivity contribution in [2.75, 3.05) is 18.0 Å². The van der Waals surface area contributed by atoms with Crippen LogP contribution < -0.4 is 16.2 Å². The number of rotatable bonds is 4. The molecule has 7 nitrogen and oxygen atoms in total. The van der Waals surface area contributed by atoms with Crippen molar-refractivity contribution >= 4 is 27.8 Å². The van der Waals surface area contributed by atoms with Gasteiger partial charge in [-0.25, -0.2) is 4.98 Å². The van der Waals surface area contributed by atoms with Gasteiger partial charge in [-0.15, -0.1) is 0 Å². The smallest absolute Gasteiger partial charge is 0.277 e. The van der Waals surface area contributed by atoms with Crippen LogP contribution in [-0.4, -0.2) is 38.2 Å². The number of nitrogens with zero attached hydrogens (tertiary/aromatic N) is 5. The molecule has 160 valence electrons. The molecule has 0 aliphatic carbocycles. The first kappa shape index (κ1) is 19.8. The van der Waals surface area contributed by atoms with Crippen LogP contribution in [0.1, 0.15) is 31.2 Å². The molecular formula is C24H28N6O. The molecule has 1 aromatic carbocycles. The van der Waals surface area contributed by atoms with Crippen molar-refractivity contribution in [3.05, 3.63) is 64.3 Å². The Labute approximate surface area is 181 Å². The zero-order valence-electron chi connectivity index (χ0n) is 18.1. The molecule has 0 spiro atoms. The van der Waals surface area contributed by atoms with E-state index in [2.05, 4.69) is 30.0 Å². The number of anilines is 1. The molecule has 1 saturated heterocycles. The normalized spacial score (nSPS) is 17.0. The molecule has 4 aromatic rings. The van der Waals surface area contributed by atoms with Crippen molar-refractivity contribution in [1.29, 1.82) is 0 Å². The summed E-state index contributed by atoms with van der Waals surface area (Å²) in [6.45, 7) is 6.85. The number of pyridine rings is 2. The van der Waals surface area contributed by atoms with E-state index in [-0.39, 0.29) is 11.6 Å². The first-order valence-corrected chi connectivity index (χ1v) is 11.0. The molecule has 0 bridgehead atoms. The molecule has 2 N–H and O–H groups in total. The van der Waals surface area contributed by atoms with Crippen LogP contribution in [0, 0.1) is 6.92 Å². The summed E-state index contributed by atoms with van der Waals surface area (Å²) in [5.74, 6) is 0.849. The Balaban J connectivity index is 1.60. The minimum atomic E-state index is -0.0354. The van der Waals surface area contributed by atoms with E-state index in [1.54, 1.807) is 4.57 Å². The highest BCUT2D eigenvalue weighted by atomic mass is 16.1. The molecule has 0 saturated carbocycles. The summed E-state index contributed by atoms with van der Waals surface area (Å²) in [7, 11) is 0. The van der Waals surface area contributed by atoms with Crippen molar-refractivity contribution in [3.63, 3.8) is 0 Å². The van der Waals surface area contributed by atoms with Gasteiger partial charge in [0.05, 0.1) is 17.8 Å². The second-order valence-corrected chi connectivity index (χ2v) is 8.42. The Morgan fingerprint density at radius 3 is 2.84 bits per heavy atom. The minimum Gasteiger partial charge on any atom is -0.341 e. The lowest BCUT2D eigenvalue weighted by Crippen LogP contribution is -2.44. The Bertz CT molecular complexity index is 1320. The van der Waals surface area contributed by atoms with Gasteiger partial charge in [0.1, 0.15) is 5.52 Å². The molecule has 1 unspecified atom stereocenters. The van der Waals surface area contributed by atoms with E-state index in [4.69, 9.17) is 15.7 Å². The number of fused-ring (bicyclic) bond motifs is 2. The number of hydrogen-bond donors (Lipinski definition) is 1. The maximum atomic E-state index is 13.5. The highest BCUT2D eigenvalue weighted by Crippen LogP contribution is 2.24. The largest absolute Gasteiger partial charge is 0.341 e. The predicted molar refractivity (Wildman–Crippen MR) is 125 cm³/mol. The second-order valence-electron chi connectivity index (χ2n) is 8.42. The SMILES string of the molecule is CCn1c(N2CCCC(N)C2)nc2ccn(Cc3nc(C)cc4ccccc34)c(=O)c21. The number of benzene rings is 1. The van der Waals surface area contributed by atoms with Gasteiger partial charge >= 0.3 is 0 Å². The molecule has 5 rings (SSSR count). The standard InChI is InChI=1S/C24H28N6O/c1-3-30-22-20(27-24(30)29-11-6-8-18(25)14-29)10-12-28(23(22)31)15-21-19-9-5-4-7-17(19)13-16(2)26-21/h4-5,7,9-10,12-13,18H,3,6,8,11,14-15,25H2,1-2H3. The van der Waals surface area contributed by atoms with Crippen LogP contribution in [0.15, 0.2) is 47.4 Å². The molecule has 0 radical (unpaired) electrons. The first-order valence-electron chi connectivity index (χ1n) is 11.0. The molecule has 1 aliphatic rings. The number of piperidine rings is 1. The van der Waals surface area contributed by atoms with Crippen LogP contribution in [0.3, 0.4) is 0 Å². The molecular weight excluding hydrogens is 388 g/mol. The van der Waals surface area contributed by atoms with Gasteiger partial charge in [-0.2, -0.15) is 0 Å². The highest BCUT2D eigenvalue weighted by molar-refractivity contribution is 5.85. The van der Waals surface area contributed by atoms with E-state index in [1.807, 2.05) is 35.9 Å². The topological polar surface area (TPSA) is 82.0 Å². The lowest BCUT2D eigenvalue weighted by atomic mass is 10.1. The Morgan fingerprint density at radius 2 is 2.03 bits per heavy atom. The molecule has 7 heteroatoms. The number of hydrogen-bond acceptors (Lipinski definition) is 5. The predicted octanol–water partition coefficient (Wildman–Crippen LogP) is 3.05. The van der Waals surface area contributed by atoms with Crippen LogP contribution in [-0.2, 0) is 13.1 Å². The number of nitrogens with two attached hydrogens (primary N) is 1. The van der Waals surface area contributed by atoms with E-state index in [0.29, 0.717) is 18.6 Å².